The summed E-state index contributed by atoms with van der Waals surface area (Å²) in [5.41, 5.74) is 0.379. The minimum Gasteiger partial charge on any atom is -0.508 e. The molecule has 7 rings (SSSR count). The maximum Gasteiger partial charge on any atom is 0.472 e. The third kappa shape index (κ3) is 8.91. The van der Waals surface area contributed by atoms with Crippen molar-refractivity contribution in [3.63, 3.8) is 0 Å². The number of carboxylic acid groups (broad SMARTS) is 1. The minimum atomic E-state index is -4.56. The molecule has 1 aromatic heterocycles. The number of benzene rings is 4. The second kappa shape index (κ2) is 16.4. The minimum absolute atomic E-state index is 0.0332. The van der Waals surface area contributed by atoms with Crippen molar-refractivity contribution in [2.75, 3.05) is 13.2 Å². The Bertz CT molecular complexity index is 2740. The number of phenols is 2. The first-order valence-corrected chi connectivity index (χ1v) is 19.8. The molecule has 1 aliphatic heterocycles. The molecule has 0 spiro atoms. The Morgan fingerprint density at radius 1 is 0.862 bits per heavy atom. The molecule has 2 amide bonds. The molecule has 3 aromatic carbocycles. The van der Waals surface area contributed by atoms with Crippen molar-refractivity contribution >= 4 is 59.1 Å². The van der Waals surface area contributed by atoms with Gasteiger partial charge in [0.15, 0.2) is 5.43 Å². The molecule has 0 saturated heterocycles. The largest absolute Gasteiger partial charge is 0.508 e. The third-order valence-corrected chi connectivity index (χ3v) is 11.0. The Hall–Kier alpha value is -6.03. The fraction of sp³-hybridized carbons (Fsp3) is 0.225. The summed E-state index contributed by atoms with van der Waals surface area (Å²) in [5.74, 6) is -2.54. The lowest BCUT2D eigenvalue weighted by Crippen LogP contribution is -2.39. The lowest BCUT2D eigenvalue weighted by Gasteiger charge is -2.29. The van der Waals surface area contributed by atoms with Gasteiger partial charge in [-0.1, -0.05) is 11.6 Å². The van der Waals surface area contributed by atoms with Gasteiger partial charge in [0.25, 0.3) is 5.91 Å². The van der Waals surface area contributed by atoms with Crippen molar-refractivity contribution in [3.8, 4) is 33.9 Å². The molecular weight excluding hydrogens is 799 g/mol. The first-order chi connectivity index (χ1) is 27.6. The van der Waals surface area contributed by atoms with Crippen LogP contribution in [0, 0.1) is 0 Å². The van der Waals surface area contributed by atoms with Crippen molar-refractivity contribution in [3.05, 3.63) is 115 Å². The molecule has 4 aromatic rings. The topological polar surface area (TPSA) is 252 Å². The first-order valence-electron chi connectivity index (χ1n) is 17.9. The fourth-order valence-electron chi connectivity index (χ4n) is 7.02. The number of carbonyl (C=O) groups is 3. The van der Waals surface area contributed by atoms with E-state index in [0.717, 1.165) is 0 Å². The van der Waals surface area contributed by atoms with Gasteiger partial charge in [0.2, 0.25) is 5.91 Å². The van der Waals surface area contributed by atoms with Crippen LogP contribution < -0.4 is 21.7 Å². The van der Waals surface area contributed by atoms with Gasteiger partial charge < -0.3 is 39.7 Å². The number of phosphoric ester groups is 1. The van der Waals surface area contributed by atoms with Crippen LogP contribution in [0.3, 0.4) is 0 Å². The Balaban J connectivity index is 0.933. The van der Waals surface area contributed by atoms with E-state index in [9.17, 15) is 48.8 Å². The molecule has 1 atom stereocenters. The lowest BCUT2D eigenvalue weighted by molar-refractivity contribution is -0.121. The molecule has 2 aliphatic carbocycles. The van der Waals surface area contributed by atoms with E-state index >= 15 is 0 Å². The second-order valence-electron chi connectivity index (χ2n) is 13.7. The van der Waals surface area contributed by atoms with E-state index < -0.39 is 38.0 Å². The maximum absolute atomic E-state index is 13.2. The van der Waals surface area contributed by atoms with Gasteiger partial charge in [0, 0.05) is 64.3 Å². The number of phenolic OH excluding ortho intramolecular Hbond substituents is 2. The van der Waals surface area contributed by atoms with Crippen LogP contribution in [0.1, 0.15) is 52.0 Å². The molecule has 0 bridgehead atoms. The highest BCUT2D eigenvalue weighted by atomic mass is 35.5. The van der Waals surface area contributed by atoms with E-state index in [4.69, 9.17) is 29.5 Å². The van der Waals surface area contributed by atoms with Gasteiger partial charge in [0.05, 0.1) is 29.7 Å². The quantitative estimate of drug-likeness (QED) is 0.0360. The number of carbonyl (C=O) groups excluding carboxylic acids is 2. The Kier molecular flexibility index (Phi) is 11.4. The summed E-state index contributed by atoms with van der Waals surface area (Å²) in [5, 5.41) is 36.3. The molecule has 1 fully saturated rings. The zero-order chi connectivity index (χ0) is 41.3. The molecule has 1 unspecified atom stereocenters. The predicted molar refractivity (Wildman–Crippen MR) is 209 cm³/mol. The number of nitrogens with one attached hydrogen (secondary N) is 2. The smallest absolute Gasteiger partial charge is 0.472 e. The van der Waals surface area contributed by atoms with E-state index in [-0.39, 0.29) is 80.5 Å². The molecule has 3 aliphatic rings. The van der Waals surface area contributed by atoms with Crippen molar-refractivity contribution < 1.29 is 57.0 Å². The molecule has 2 heterocycles. The van der Waals surface area contributed by atoms with Crippen molar-refractivity contribution in [2.24, 2.45) is 0 Å². The fourth-order valence-corrected chi connectivity index (χ4v) is 8.16. The van der Waals surface area contributed by atoms with Gasteiger partial charge in [0.1, 0.15) is 28.4 Å². The summed E-state index contributed by atoms with van der Waals surface area (Å²) in [6, 6.07) is 15.8. The number of aromatic hydroxyl groups is 2. The summed E-state index contributed by atoms with van der Waals surface area (Å²) in [4.78, 5) is 73.1. The summed E-state index contributed by atoms with van der Waals surface area (Å²) in [6.45, 7) is -0.617. The third-order valence-electron chi connectivity index (χ3n) is 9.67. The van der Waals surface area contributed by atoms with Crippen LogP contribution in [-0.2, 0) is 24.8 Å². The number of hydrogen-bond donors (Lipinski definition) is 6. The number of carboxylic acids is 1. The van der Waals surface area contributed by atoms with Crippen molar-refractivity contribution in [2.45, 2.75) is 44.2 Å². The Labute approximate surface area is 332 Å². The van der Waals surface area contributed by atoms with Crippen LogP contribution in [-0.4, -0.2) is 63.3 Å². The molecule has 58 heavy (non-hydrogen) atoms. The molecule has 6 N–H and O–H groups in total. The molecule has 0 radical (unpaired) electrons. The van der Waals surface area contributed by atoms with Gasteiger partial charge in [-0.2, -0.15) is 0 Å². The molecule has 16 nitrogen and oxygen atoms in total. The molecule has 1 saturated carbocycles. The zero-order valence-electron chi connectivity index (χ0n) is 30.2. The maximum atomic E-state index is 13.2. The van der Waals surface area contributed by atoms with Crippen LogP contribution in [0.15, 0.2) is 91.2 Å². The van der Waals surface area contributed by atoms with Gasteiger partial charge in [-0.3, -0.25) is 23.4 Å². The van der Waals surface area contributed by atoms with Crippen LogP contribution in [0.5, 0.6) is 11.5 Å². The van der Waals surface area contributed by atoms with E-state index in [1.807, 2.05) is 0 Å². The number of amides is 2. The average Bonchev–Trinajstić information content (AvgIpc) is 3.16. The van der Waals surface area contributed by atoms with Crippen molar-refractivity contribution in [1.82, 2.24) is 10.6 Å². The molecule has 18 heteroatoms. The first kappa shape index (κ1) is 40.2. The van der Waals surface area contributed by atoms with Crippen LogP contribution in [0.4, 0.5) is 0 Å². The SMILES string of the molecule is O=C(Cc1cc(=O)oc2cc(O)c(Cl)cc12)NC1CCC(OP(=O)(O)OCCNC(=O)c2ccc(C(=O)O)c(-c3c4ccc(=O)cc-4oc4cc(O)ccc34)c2)CC1. The number of phosphoric acid groups is 1. The van der Waals surface area contributed by atoms with Gasteiger partial charge in [-0.15, -0.1) is 0 Å². The summed E-state index contributed by atoms with van der Waals surface area (Å²) in [7, 11) is -4.56. The molecule has 300 valence electrons. The monoisotopic (exact) mass is 832 g/mol. The lowest BCUT2D eigenvalue weighted by atomic mass is 9.89. The second-order valence-corrected chi connectivity index (χ2v) is 15.5. The van der Waals surface area contributed by atoms with Crippen LogP contribution in [0.25, 0.3) is 44.4 Å². The Morgan fingerprint density at radius 2 is 1.62 bits per heavy atom. The van der Waals surface area contributed by atoms with E-state index in [1.165, 1.54) is 72.8 Å². The normalized spacial score (nSPS) is 16.6. The van der Waals surface area contributed by atoms with Crippen molar-refractivity contribution in [1.29, 1.82) is 0 Å². The number of halogens is 1. The highest BCUT2D eigenvalue weighted by Crippen LogP contribution is 2.47. The zero-order valence-corrected chi connectivity index (χ0v) is 31.9. The standard InChI is InChI=1S/C40H34ClN2O14P/c41-31-18-29-21(15-37(48)56-35(29)19-32(31)46)14-36(47)43-22-2-6-25(7-3-22)57-58(52,53)54-12-11-42-39(49)20-1-8-26(40(50)51)30(13-20)38-27-9-4-23(44)16-33(27)55-34-17-24(45)5-10-28(34)38/h1,4-5,8-10,13,15-19,22,25,44,46H,2-3,6-7,11-12,14H2,(H,42,49)(H,43,47)(H,50,51)(H,52,53). The number of aromatic carboxylic acids is 1. The summed E-state index contributed by atoms with van der Waals surface area (Å²) >= 11 is 6.02. The average molecular weight is 833 g/mol. The van der Waals surface area contributed by atoms with E-state index in [2.05, 4.69) is 10.6 Å². The molecular formula is C40H34ClN2O14P. The summed E-state index contributed by atoms with van der Waals surface area (Å²) < 4.78 is 34.2. The number of fused-ring (bicyclic) bond motifs is 3. The van der Waals surface area contributed by atoms with Gasteiger partial charge in [-0.05, 0) is 85.3 Å². The van der Waals surface area contributed by atoms with E-state index in [1.54, 1.807) is 0 Å². The van der Waals surface area contributed by atoms with E-state index in [0.29, 0.717) is 53.1 Å². The van der Waals surface area contributed by atoms with Crippen LogP contribution in [0.2, 0.25) is 5.02 Å². The number of rotatable bonds is 12. The van der Waals surface area contributed by atoms with Crippen LogP contribution >= 0.6 is 19.4 Å². The van der Waals surface area contributed by atoms with Gasteiger partial charge in [-0.25, -0.2) is 14.2 Å². The number of hydrogen-bond acceptors (Lipinski definition) is 12. The predicted octanol–water partition coefficient (Wildman–Crippen LogP) is 5.97. The Morgan fingerprint density at radius 3 is 2.38 bits per heavy atom. The summed E-state index contributed by atoms with van der Waals surface area (Å²) in [6.07, 6.45) is 0.714. The van der Waals surface area contributed by atoms with Gasteiger partial charge >= 0.3 is 19.4 Å². The highest BCUT2D eigenvalue weighted by Gasteiger charge is 2.31. The highest BCUT2D eigenvalue weighted by molar-refractivity contribution is 7.47.